The zero-order valence-corrected chi connectivity index (χ0v) is 20.3. The van der Waals surface area contributed by atoms with E-state index in [1.54, 1.807) is 30.3 Å². The van der Waals surface area contributed by atoms with Crippen molar-refractivity contribution < 1.29 is 23.5 Å². The molecule has 1 aromatic heterocycles. The van der Waals surface area contributed by atoms with E-state index >= 15 is 4.39 Å². The average Bonchev–Trinajstić information content (AvgIpc) is 2.80. The number of hydrogen-bond acceptors (Lipinski definition) is 7. The van der Waals surface area contributed by atoms with E-state index in [9.17, 15) is 9.59 Å². The molecule has 0 radical (unpaired) electrons. The SMILES string of the molecule is COCCOc1ccc2ncnc(Nc3ccc(NC(=O)CC(=O)NCC(C)(C)C)cc3)c2c1F. The second-order valence-electron chi connectivity index (χ2n) is 9.10. The number of fused-ring (bicyclic) bond motifs is 1. The molecule has 186 valence electrons. The number of ether oxygens (including phenoxy) is 2. The highest BCUT2D eigenvalue weighted by Crippen LogP contribution is 2.31. The molecule has 0 atom stereocenters. The number of benzene rings is 2. The summed E-state index contributed by atoms with van der Waals surface area (Å²) in [7, 11) is 1.54. The molecule has 0 saturated carbocycles. The summed E-state index contributed by atoms with van der Waals surface area (Å²) in [5.74, 6) is -0.967. The molecule has 3 rings (SSSR count). The molecule has 10 heteroatoms. The number of nitrogens with one attached hydrogen (secondary N) is 3. The number of carbonyl (C=O) groups is 2. The minimum Gasteiger partial charge on any atom is -0.488 e. The van der Waals surface area contributed by atoms with Crippen LogP contribution in [0.25, 0.3) is 10.9 Å². The Morgan fingerprint density at radius 2 is 1.69 bits per heavy atom. The van der Waals surface area contributed by atoms with Crippen molar-refractivity contribution >= 4 is 39.9 Å². The highest BCUT2D eigenvalue weighted by molar-refractivity contribution is 6.03. The van der Waals surface area contributed by atoms with Gasteiger partial charge in [-0.05, 0) is 41.8 Å². The molecule has 1 heterocycles. The number of methoxy groups -OCH3 is 1. The predicted octanol–water partition coefficient (Wildman–Crippen LogP) is 4.03. The minimum absolute atomic E-state index is 0.0640. The topological polar surface area (TPSA) is 114 Å². The van der Waals surface area contributed by atoms with Crippen LogP contribution in [0.2, 0.25) is 0 Å². The lowest BCUT2D eigenvalue weighted by molar-refractivity contribution is -0.127. The van der Waals surface area contributed by atoms with Crippen LogP contribution in [0.5, 0.6) is 5.75 Å². The van der Waals surface area contributed by atoms with E-state index < -0.39 is 11.7 Å². The molecule has 0 aliphatic heterocycles. The van der Waals surface area contributed by atoms with Crippen molar-refractivity contribution in [3.63, 3.8) is 0 Å². The molecule has 0 fully saturated rings. The smallest absolute Gasteiger partial charge is 0.233 e. The summed E-state index contributed by atoms with van der Waals surface area (Å²) >= 11 is 0. The number of amides is 2. The molecule has 3 aromatic rings. The van der Waals surface area contributed by atoms with Crippen molar-refractivity contribution in [1.82, 2.24) is 15.3 Å². The number of anilines is 3. The molecule has 0 unspecified atom stereocenters. The van der Waals surface area contributed by atoms with Crippen LogP contribution in [-0.4, -0.2) is 48.7 Å². The van der Waals surface area contributed by atoms with Gasteiger partial charge >= 0.3 is 0 Å². The Hall–Kier alpha value is -3.79. The second-order valence-corrected chi connectivity index (χ2v) is 9.10. The number of hydrogen-bond donors (Lipinski definition) is 3. The quantitative estimate of drug-likeness (QED) is 0.295. The normalized spacial score (nSPS) is 11.2. The monoisotopic (exact) mass is 483 g/mol. The van der Waals surface area contributed by atoms with E-state index in [1.807, 2.05) is 20.8 Å². The number of aromatic nitrogens is 2. The van der Waals surface area contributed by atoms with Crippen molar-refractivity contribution in [3.05, 3.63) is 48.5 Å². The Labute approximate surface area is 203 Å². The third-order valence-corrected chi connectivity index (χ3v) is 4.82. The van der Waals surface area contributed by atoms with Gasteiger partial charge in [0.05, 0.1) is 17.5 Å². The predicted molar refractivity (Wildman–Crippen MR) is 132 cm³/mol. The first kappa shape index (κ1) is 25.8. The van der Waals surface area contributed by atoms with Crippen molar-refractivity contribution in [3.8, 4) is 5.75 Å². The van der Waals surface area contributed by atoms with Gasteiger partial charge in [-0.3, -0.25) is 9.59 Å². The van der Waals surface area contributed by atoms with Crippen LogP contribution in [0.1, 0.15) is 27.2 Å². The van der Waals surface area contributed by atoms with Gasteiger partial charge in [0.1, 0.15) is 25.2 Å². The molecular weight excluding hydrogens is 453 g/mol. The molecule has 0 saturated heterocycles. The van der Waals surface area contributed by atoms with Gasteiger partial charge in [-0.2, -0.15) is 0 Å². The molecule has 0 spiro atoms. The van der Waals surface area contributed by atoms with E-state index in [0.29, 0.717) is 30.0 Å². The van der Waals surface area contributed by atoms with Crippen molar-refractivity contribution in [1.29, 1.82) is 0 Å². The van der Waals surface area contributed by atoms with E-state index in [1.165, 1.54) is 19.5 Å². The van der Waals surface area contributed by atoms with Crippen LogP contribution < -0.4 is 20.7 Å². The van der Waals surface area contributed by atoms with E-state index in [-0.39, 0.29) is 41.3 Å². The number of carbonyl (C=O) groups excluding carboxylic acids is 2. The number of nitrogens with zero attached hydrogens (tertiary/aromatic N) is 2. The fraction of sp³-hybridized carbons (Fsp3) is 0.360. The van der Waals surface area contributed by atoms with E-state index in [0.717, 1.165) is 0 Å². The summed E-state index contributed by atoms with van der Waals surface area (Å²) in [5, 5.41) is 8.71. The summed E-state index contributed by atoms with van der Waals surface area (Å²) in [4.78, 5) is 32.4. The van der Waals surface area contributed by atoms with Gasteiger partial charge in [0.25, 0.3) is 0 Å². The van der Waals surface area contributed by atoms with Crippen molar-refractivity contribution in [2.24, 2.45) is 5.41 Å². The zero-order valence-electron chi connectivity index (χ0n) is 20.3. The molecule has 0 bridgehead atoms. The lowest BCUT2D eigenvalue weighted by Crippen LogP contribution is -2.34. The van der Waals surface area contributed by atoms with Gasteiger partial charge < -0.3 is 25.4 Å². The third kappa shape index (κ3) is 7.61. The third-order valence-electron chi connectivity index (χ3n) is 4.82. The molecule has 2 aromatic carbocycles. The van der Waals surface area contributed by atoms with Crippen LogP contribution in [0.3, 0.4) is 0 Å². The fourth-order valence-electron chi connectivity index (χ4n) is 3.09. The minimum atomic E-state index is -0.574. The van der Waals surface area contributed by atoms with Gasteiger partial charge in [-0.1, -0.05) is 20.8 Å². The van der Waals surface area contributed by atoms with E-state index in [4.69, 9.17) is 9.47 Å². The van der Waals surface area contributed by atoms with Gasteiger partial charge in [-0.25, -0.2) is 14.4 Å². The zero-order chi connectivity index (χ0) is 25.4. The second kappa shape index (κ2) is 11.6. The van der Waals surface area contributed by atoms with Crippen LogP contribution >= 0.6 is 0 Å². The standard InChI is InChI=1S/C25H30FN5O4/c1-25(2,3)14-27-20(32)13-21(33)30-16-5-7-17(8-6-16)31-24-22-18(28-15-29-24)9-10-19(23(22)26)35-12-11-34-4/h5-10,15H,11-14H2,1-4H3,(H,27,32)(H,30,33)(H,28,29,31). The molecule has 35 heavy (non-hydrogen) atoms. The fourth-order valence-corrected chi connectivity index (χ4v) is 3.09. The average molecular weight is 484 g/mol. The summed E-state index contributed by atoms with van der Waals surface area (Å²) < 4.78 is 25.5. The Balaban J connectivity index is 1.66. The van der Waals surface area contributed by atoms with Crippen molar-refractivity contribution in [2.45, 2.75) is 27.2 Å². The molecule has 0 aliphatic carbocycles. The van der Waals surface area contributed by atoms with Crippen LogP contribution in [0.15, 0.2) is 42.7 Å². The first-order valence-electron chi connectivity index (χ1n) is 11.1. The maximum absolute atomic E-state index is 15.1. The maximum Gasteiger partial charge on any atom is 0.233 e. The Morgan fingerprint density at radius 3 is 2.37 bits per heavy atom. The van der Waals surface area contributed by atoms with E-state index in [2.05, 4.69) is 25.9 Å². The Morgan fingerprint density at radius 1 is 0.971 bits per heavy atom. The highest BCUT2D eigenvalue weighted by Gasteiger charge is 2.16. The largest absolute Gasteiger partial charge is 0.488 e. The summed E-state index contributed by atoms with van der Waals surface area (Å²) in [6.07, 6.45) is 1.08. The summed E-state index contributed by atoms with van der Waals surface area (Å²) in [6.45, 7) is 7.02. The molecule has 0 aliphatic rings. The summed E-state index contributed by atoms with van der Waals surface area (Å²) in [6, 6.07) is 9.94. The lowest BCUT2D eigenvalue weighted by atomic mass is 9.97. The molecule has 3 N–H and O–H groups in total. The first-order valence-corrected chi connectivity index (χ1v) is 11.1. The molecular formula is C25H30FN5O4. The summed E-state index contributed by atoms with van der Waals surface area (Å²) in [5.41, 5.74) is 1.51. The van der Waals surface area contributed by atoms with Crippen molar-refractivity contribution in [2.75, 3.05) is 37.5 Å². The van der Waals surface area contributed by atoms with Gasteiger partial charge in [0.15, 0.2) is 11.6 Å². The van der Waals surface area contributed by atoms with Gasteiger partial charge in [-0.15, -0.1) is 0 Å². The number of rotatable bonds is 10. The first-order chi connectivity index (χ1) is 16.7. The molecule has 2 amide bonds. The Bertz CT molecular complexity index is 1180. The van der Waals surface area contributed by atoms with Gasteiger partial charge in [0.2, 0.25) is 11.8 Å². The Kier molecular flexibility index (Phi) is 8.53. The van der Waals surface area contributed by atoms with Crippen LogP contribution in [0.4, 0.5) is 21.6 Å². The maximum atomic E-state index is 15.1. The van der Waals surface area contributed by atoms with Crippen LogP contribution in [0, 0.1) is 11.2 Å². The molecule has 9 nitrogen and oxygen atoms in total. The van der Waals surface area contributed by atoms with Gasteiger partial charge in [0, 0.05) is 25.0 Å². The number of halogens is 1. The van der Waals surface area contributed by atoms with Crippen LogP contribution in [-0.2, 0) is 14.3 Å². The lowest BCUT2D eigenvalue weighted by Gasteiger charge is -2.18. The highest BCUT2D eigenvalue weighted by atomic mass is 19.1.